The Morgan fingerprint density at radius 1 is 1.23 bits per heavy atom. The summed E-state index contributed by atoms with van der Waals surface area (Å²) in [4.78, 5) is 14.1. The highest BCUT2D eigenvalue weighted by Gasteiger charge is 2.24. The van der Waals surface area contributed by atoms with E-state index in [1.807, 2.05) is 36.9 Å². The summed E-state index contributed by atoms with van der Waals surface area (Å²) in [5.41, 5.74) is 0.810. The van der Waals surface area contributed by atoms with Crippen LogP contribution in [0.2, 0.25) is 0 Å². The van der Waals surface area contributed by atoms with E-state index in [1.165, 1.54) is 0 Å². The number of carbonyl (C=O) groups is 1. The second kappa shape index (κ2) is 7.31. The minimum Gasteiger partial charge on any atom is -0.497 e. The van der Waals surface area contributed by atoms with Gasteiger partial charge in [0.1, 0.15) is 11.5 Å². The lowest BCUT2D eigenvalue weighted by Crippen LogP contribution is -2.47. The Morgan fingerprint density at radius 3 is 2.50 bits per heavy atom. The van der Waals surface area contributed by atoms with Crippen molar-refractivity contribution >= 4 is 12.0 Å². The first kappa shape index (κ1) is 16.4. The molecule has 0 aliphatic carbocycles. The standard InChI is InChI=1S/C17H23NO4/c1-12-10-18(11-13(2)22-12)17(19)8-5-14-9-15(20-3)6-7-16(14)21-4/h5-9,12-13H,10-11H2,1-4H3/b8-5+. The fourth-order valence-corrected chi connectivity index (χ4v) is 2.59. The molecule has 0 aromatic heterocycles. The van der Waals surface area contributed by atoms with E-state index in [0.29, 0.717) is 18.8 Å². The lowest BCUT2D eigenvalue weighted by atomic mass is 10.1. The molecule has 2 unspecified atom stereocenters. The van der Waals surface area contributed by atoms with E-state index in [4.69, 9.17) is 14.2 Å². The van der Waals surface area contributed by atoms with Crippen molar-refractivity contribution in [2.24, 2.45) is 0 Å². The van der Waals surface area contributed by atoms with E-state index in [2.05, 4.69) is 0 Å². The van der Waals surface area contributed by atoms with E-state index in [0.717, 1.165) is 11.3 Å². The second-order valence-corrected chi connectivity index (χ2v) is 5.44. The topological polar surface area (TPSA) is 48.0 Å². The first-order chi connectivity index (χ1) is 10.5. The Bertz CT molecular complexity index is 546. The van der Waals surface area contributed by atoms with Gasteiger partial charge in [0.15, 0.2) is 0 Å². The zero-order valence-electron chi connectivity index (χ0n) is 13.5. The van der Waals surface area contributed by atoms with Crippen molar-refractivity contribution < 1.29 is 19.0 Å². The predicted octanol–water partition coefficient (Wildman–Crippen LogP) is 2.35. The van der Waals surface area contributed by atoms with E-state index in [1.54, 1.807) is 26.4 Å². The molecule has 1 heterocycles. The number of hydrogen-bond donors (Lipinski definition) is 0. The molecule has 5 heteroatoms. The average Bonchev–Trinajstić information content (AvgIpc) is 2.51. The van der Waals surface area contributed by atoms with Gasteiger partial charge in [-0.15, -0.1) is 0 Å². The third-order valence-electron chi connectivity index (χ3n) is 3.57. The van der Waals surface area contributed by atoms with Crippen LogP contribution in [0.1, 0.15) is 19.4 Å². The molecule has 2 rings (SSSR count). The van der Waals surface area contributed by atoms with Crippen LogP contribution in [-0.4, -0.2) is 50.3 Å². The molecule has 1 saturated heterocycles. The average molecular weight is 305 g/mol. The van der Waals surface area contributed by atoms with Crippen LogP contribution < -0.4 is 9.47 Å². The maximum Gasteiger partial charge on any atom is 0.246 e. The number of nitrogens with zero attached hydrogens (tertiary/aromatic N) is 1. The summed E-state index contributed by atoms with van der Waals surface area (Å²) in [6.07, 6.45) is 3.45. The fourth-order valence-electron chi connectivity index (χ4n) is 2.59. The summed E-state index contributed by atoms with van der Waals surface area (Å²) in [6, 6.07) is 5.48. The summed E-state index contributed by atoms with van der Waals surface area (Å²) >= 11 is 0. The quantitative estimate of drug-likeness (QED) is 0.801. The monoisotopic (exact) mass is 305 g/mol. The number of methoxy groups -OCH3 is 2. The van der Waals surface area contributed by atoms with Gasteiger partial charge < -0.3 is 19.1 Å². The predicted molar refractivity (Wildman–Crippen MR) is 85.2 cm³/mol. The number of amides is 1. The van der Waals surface area contributed by atoms with E-state index >= 15 is 0 Å². The van der Waals surface area contributed by atoms with Gasteiger partial charge in [0.25, 0.3) is 0 Å². The largest absolute Gasteiger partial charge is 0.497 e. The number of benzene rings is 1. The molecule has 1 fully saturated rings. The number of hydrogen-bond acceptors (Lipinski definition) is 4. The number of carbonyl (C=O) groups excluding carboxylic acids is 1. The molecule has 0 bridgehead atoms. The molecule has 2 atom stereocenters. The molecule has 0 saturated carbocycles. The van der Waals surface area contributed by atoms with Gasteiger partial charge in [0.05, 0.1) is 26.4 Å². The summed E-state index contributed by atoms with van der Waals surface area (Å²) in [5.74, 6) is 1.40. The third kappa shape index (κ3) is 4.01. The molecule has 1 aliphatic rings. The van der Waals surface area contributed by atoms with Gasteiger partial charge in [-0.2, -0.15) is 0 Å². The maximum atomic E-state index is 12.3. The van der Waals surface area contributed by atoms with Crippen molar-refractivity contribution in [1.29, 1.82) is 0 Å². The summed E-state index contributed by atoms with van der Waals surface area (Å²) in [6.45, 7) is 5.18. The number of ether oxygens (including phenoxy) is 3. The van der Waals surface area contributed by atoms with Crippen LogP contribution >= 0.6 is 0 Å². The first-order valence-corrected chi connectivity index (χ1v) is 7.38. The molecule has 5 nitrogen and oxygen atoms in total. The van der Waals surface area contributed by atoms with Crippen molar-refractivity contribution in [2.45, 2.75) is 26.1 Å². The minimum atomic E-state index is -0.0214. The van der Waals surface area contributed by atoms with Crippen molar-refractivity contribution in [2.75, 3.05) is 27.3 Å². The second-order valence-electron chi connectivity index (χ2n) is 5.44. The van der Waals surface area contributed by atoms with Gasteiger partial charge in [-0.25, -0.2) is 0 Å². The van der Waals surface area contributed by atoms with Crippen LogP contribution in [0.5, 0.6) is 11.5 Å². The highest BCUT2D eigenvalue weighted by Crippen LogP contribution is 2.25. The van der Waals surface area contributed by atoms with Gasteiger partial charge in [0, 0.05) is 24.7 Å². The van der Waals surface area contributed by atoms with Gasteiger partial charge in [-0.05, 0) is 38.1 Å². The van der Waals surface area contributed by atoms with Gasteiger partial charge >= 0.3 is 0 Å². The molecule has 22 heavy (non-hydrogen) atoms. The number of morpholine rings is 1. The van der Waals surface area contributed by atoms with Crippen molar-refractivity contribution in [3.8, 4) is 11.5 Å². The molecular formula is C17H23NO4. The Kier molecular flexibility index (Phi) is 5.44. The zero-order chi connectivity index (χ0) is 16.1. The van der Waals surface area contributed by atoms with Crippen LogP contribution in [0.15, 0.2) is 24.3 Å². The Balaban J connectivity index is 2.12. The maximum absolute atomic E-state index is 12.3. The summed E-state index contributed by atoms with van der Waals surface area (Å²) < 4.78 is 16.2. The normalized spacial score (nSPS) is 21.9. The van der Waals surface area contributed by atoms with Crippen molar-refractivity contribution in [3.05, 3.63) is 29.8 Å². The minimum absolute atomic E-state index is 0.0214. The molecule has 0 spiro atoms. The Morgan fingerprint density at radius 2 is 1.91 bits per heavy atom. The molecule has 1 aliphatic heterocycles. The molecule has 0 N–H and O–H groups in total. The third-order valence-corrected chi connectivity index (χ3v) is 3.57. The highest BCUT2D eigenvalue weighted by atomic mass is 16.5. The van der Waals surface area contributed by atoms with Gasteiger partial charge in [0.2, 0.25) is 5.91 Å². The SMILES string of the molecule is COc1ccc(OC)c(/C=C/C(=O)N2CC(C)OC(C)C2)c1. The molecule has 1 aromatic carbocycles. The van der Waals surface area contributed by atoms with Crippen molar-refractivity contribution in [3.63, 3.8) is 0 Å². The van der Waals surface area contributed by atoms with Crippen LogP contribution in [0, 0.1) is 0 Å². The summed E-state index contributed by atoms with van der Waals surface area (Å²) in [5, 5.41) is 0. The van der Waals surface area contributed by atoms with Crippen molar-refractivity contribution in [1.82, 2.24) is 4.90 Å². The van der Waals surface area contributed by atoms with Gasteiger partial charge in [-0.3, -0.25) is 4.79 Å². The molecule has 120 valence electrons. The van der Waals surface area contributed by atoms with E-state index in [9.17, 15) is 4.79 Å². The lowest BCUT2D eigenvalue weighted by molar-refractivity contribution is -0.137. The Hall–Kier alpha value is -2.01. The van der Waals surface area contributed by atoms with Crippen LogP contribution in [0.4, 0.5) is 0 Å². The van der Waals surface area contributed by atoms with E-state index < -0.39 is 0 Å². The smallest absolute Gasteiger partial charge is 0.246 e. The molecule has 0 radical (unpaired) electrons. The van der Waals surface area contributed by atoms with E-state index in [-0.39, 0.29) is 18.1 Å². The van der Waals surface area contributed by atoms with Crippen LogP contribution in [-0.2, 0) is 9.53 Å². The molecule has 1 amide bonds. The first-order valence-electron chi connectivity index (χ1n) is 7.38. The van der Waals surface area contributed by atoms with Crippen LogP contribution in [0.25, 0.3) is 6.08 Å². The number of rotatable bonds is 4. The molecular weight excluding hydrogens is 282 g/mol. The summed E-state index contributed by atoms with van der Waals surface area (Å²) in [7, 11) is 3.21. The highest BCUT2D eigenvalue weighted by molar-refractivity contribution is 5.92. The zero-order valence-corrected chi connectivity index (χ0v) is 13.5. The fraction of sp³-hybridized carbons (Fsp3) is 0.471. The Labute approximate surface area is 131 Å². The molecule has 1 aromatic rings. The van der Waals surface area contributed by atoms with Gasteiger partial charge in [-0.1, -0.05) is 0 Å². The van der Waals surface area contributed by atoms with Crippen LogP contribution in [0.3, 0.4) is 0 Å². The lowest BCUT2D eigenvalue weighted by Gasteiger charge is -2.34.